The van der Waals surface area contributed by atoms with E-state index in [1.54, 1.807) is 24.3 Å². The van der Waals surface area contributed by atoms with Crippen LogP contribution in [0.2, 0.25) is 0 Å². The smallest absolute Gasteiger partial charge is 0.257 e. The van der Waals surface area contributed by atoms with E-state index in [0.29, 0.717) is 16.4 Å². The number of carbonyl (C=O) groups is 2. The van der Waals surface area contributed by atoms with Crippen molar-refractivity contribution in [1.29, 1.82) is 0 Å². The zero-order chi connectivity index (χ0) is 19.7. The number of rotatable bonds is 5. The summed E-state index contributed by atoms with van der Waals surface area (Å²) >= 11 is 1.40. The SMILES string of the molecule is Cc1ccc(-c2csc(NC(=O)c3ccc(NC(=O)C4CC4)cc3)n2)cc1C. The maximum atomic E-state index is 12.5. The molecule has 2 N–H and O–H groups in total. The molecule has 0 spiro atoms. The lowest BCUT2D eigenvalue weighted by molar-refractivity contribution is -0.117. The highest BCUT2D eigenvalue weighted by Gasteiger charge is 2.29. The quantitative estimate of drug-likeness (QED) is 0.641. The van der Waals surface area contributed by atoms with Crippen molar-refractivity contribution in [3.05, 3.63) is 64.5 Å². The van der Waals surface area contributed by atoms with Crippen LogP contribution in [0.4, 0.5) is 10.8 Å². The van der Waals surface area contributed by atoms with Crippen LogP contribution in [0.3, 0.4) is 0 Å². The van der Waals surface area contributed by atoms with Crippen LogP contribution in [0.1, 0.15) is 34.3 Å². The van der Waals surface area contributed by atoms with Gasteiger partial charge < -0.3 is 5.32 Å². The molecule has 1 fully saturated rings. The molecule has 4 rings (SSSR count). The van der Waals surface area contributed by atoms with Gasteiger partial charge in [-0.25, -0.2) is 4.98 Å². The number of thiazole rings is 1. The van der Waals surface area contributed by atoms with Crippen molar-refractivity contribution in [2.75, 3.05) is 10.6 Å². The minimum atomic E-state index is -0.221. The van der Waals surface area contributed by atoms with Gasteiger partial charge in [-0.05, 0) is 68.1 Å². The second kappa shape index (κ2) is 7.56. The van der Waals surface area contributed by atoms with E-state index < -0.39 is 0 Å². The third-order valence-corrected chi connectivity index (χ3v) is 5.65. The van der Waals surface area contributed by atoms with Gasteiger partial charge in [-0.15, -0.1) is 11.3 Å². The molecule has 1 aliphatic carbocycles. The average Bonchev–Trinajstić information content (AvgIpc) is 3.44. The Morgan fingerprint density at radius 2 is 1.75 bits per heavy atom. The lowest BCUT2D eigenvalue weighted by Crippen LogP contribution is -2.14. The van der Waals surface area contributed by atoms with Gasteiger partial charge in [-0.3, -0.25) is 14.9 Å². The molecule has 0 atom stereocenters. The highest BCUT2D eigenvalue weighted by Crippen LogP contribution is 2.30. The summed E-state index contributed by atoms with van der Waals surface area (Å²) in [6.07, 6.45) is 1.93. The van der Waals surface area contributed by atoms with Crippen LogP contribution in [0, 0.1) is 19.8 Å². The van der Waals surface area contributed by atoms with E-state index in [9.17, 15) is 9.59 Å². The molecule has 0 saturated heterocycles. The summed E-state index contributed by atoms with van der Waals surface area (Å²) in [6.45, 7) is 4.15. The predicted octanol–water partition coefficient (Wildman–Crippen LogP) is 5.03. The summed E-state index contributed by atoms with van der Waals surface area (Å²) in [4.78, 5) is 28.8. The third-order valence-electron chi connectivity index (χ3n) is 4.89. The van der Waals surface area contributed by atoms with Gasteiger partial charge in [-0.1, -0.05) is 12.1 Å². The summed E-state index contributed by atoms with van der Waals surface area (Å²) in [6, 6.07) is 13.1. The van der Waals surface area contributed by atoms with E-state index in [1.165, 1.54) is 22.5 Å². The van der Waals surface area contributed by atoms with Gasteiger partial charge in [0.2, 0.25) is 5.91 Å². The molecule has 0 bridgehead atoms. The van der Waals surface area contributed by atoms with Crippen LogP contribution in [0.5, 0.6) is 0 Å². The van der Waals surface area contributed by atoms with Crippen molar-refractivity contribution in [2.24, 2.45) is 5.92 Å². The first-order valence-corrected chi connectivity index (χ1v) is 10.1. The molecule has 2 amide bonds. The minimum absolute atomic E-state index is 0.0545. The maximum Gasteiger partial charge on any atom is 0.257 e. The number of nitrogens with one attached hydrogen (secondary N) is 2. The summed E-state index contributed by atoms with van der Waals surface area (Å²) in [5.74, 6) is -0.0145. The van der Waals surface area contributed by atoms with E-state index in [1.807, 2.05) is 11.4 Å². The maximum absolute atomic E-state index is 12.5. The standard InChI is InChI=1S/C22H21N3O2S/c1-13-3-4-17(11-14(13)2)19-12-28-22(24-19)25-21(27)16-7-9-18(10-8-16)23-20(26)15-5-6-15/h3-4,7-12,15H,5-6H2,1-2H3,(H,23,26)(H,24,25,27). The Kier molecular flexibility index (Phi) is 4.96. The Labute approximate surface area is 167 Å². The summed E-state index contributed by atoms with van der Waals surface area (Å²) in [5, 5.41) is 8.21. The van der Waals surface area contributed by atoms with Crippen LogP contribution in [0.15, 0.2) is 47.8 Å². The molecule has 1 aromatic heterocycles. The normalized spacial score (nSPS) is 13.2. The fraction of sp³-hybridized carbons (Fsp3) is 0.227. The molecule has 0 radical (unpaired) electrons. The van der Waals surface area contributed by atoms with Gasteiger partial charge >= 0.3 is 0 Å². The van der Waals surface area contributed by atoms with Gasteiger partial charge in [0.15, 0.2) is 5.13 Å². The first-order chi connectivity index (χ1) is 13.5. The highest BCUT2D eigenvalue weighted by molar-refractivity contribution is 7.14. The number of benzene rings is 2. The molecular weight excluding hydrogens is 370 g/mol. The van der Waals surface area contributed by atoms with E-state index in [4.69, 9.17) is 0 Å². The van der Waals surface area contributed by atoms with Crippen LogP contribution in [-0.2, 0) is 4.79 Å². The Morgan fingerprint density at radius 3 is 2.43 bits per heavy atom. The van der Waals surface area contributed by atoms with Crippen LogP contribution < -0.4 is 10.6 Å². The van der Waals surface area contributed by atoms with Crippen molar-refractivity contribution >= 4 is 34.0 Å². The number of aromatic nitrogens is 1. The van der Waals surface area contributed by atoms with Gasteiger partial charge in [0.05, 0.1) is 5.69 Å². The summed E-state index contributed by atoms with van der Waals surface area (Å²) in [7, 11) is 0. The number of hydrogen-bond donors (Lipinski definition) is 2. The lowest BCUT2D eigenvalue weighted by Gasteiger charge is -2.06. The van der Waals surface area contributed by atoms with E-state index in [-0.39, 0.29) is 17.7 Å². The first-order valence-electron chi connectivity index (χ1n) is 9.25. The molecule has 142 valence electrons. The Hall–Kier alpha value is -2.99. The van der Waals surface area contributed by atoms with Crippen molar-refractivity contribution in [2.45, 2.75) is 26.7 Å². The second-order valence-electron chi connectivity index (χ2n) is 7.13. The molecule has 0 aliphatic heterocycles. The Balaban J connectivity index is 1.41. The number of nitrogens with zero attached hydrogens (tertiary/aromatic N) is 1. The molecule has 28 heavy (non-hydrogen) atoms. The van der Waals surface area contributed by atoms with Crippen LogP contribution >= 0.6 is 11.3 Å². The van der Waals surface area contributed by atoms with Crippen molar-refractivity contribution in [3.8, 4) is 11.3 Å². The molecule has 0 unspecified atom stereocenters. The number of amides is 2. The van der Waals surface area contributed by atoms with Crippen LogP contribution in [0.25, 0.3) is 11.3 Å². The number of hydrogen-bond acceptors (Lipinski definition) is 4. The van der Waals surface area contributed by atoms with Crippen molar-refractivity contribution < 1.29 is 9.59 Å². The van der Waals surface area contributed by atoms with Crippen LogP contribution in [-0.4, -0.2) is 16.8 Å². The van der Waals surface area contributed by atoms with E-state index >= 15 is 0 Å². The average molecular weight is 391 g/mol. The Bertz CT molecular complexity index is 1040. The molecule has 3 aromatic rings. The first kappa shape index (κ1) is 18.4. The number of aryl methyl sites for hydroxylation is 2. The molecular formula is C22H21N3O2S. The monoisotopic (exact) mass is 391 g/mol. The molecule has 1 aliphatic rings. The van der Waals surface area contributed by atoms with Crippen molar-refractivity contribution in [1.82, 2.24) is 4.98 Å². The van der Waals surface area contributed by atoms with E-state index in [2.05, 4.69) is 41.6 Å². The summed E-state index contributed by atoms with van der Waals surface area (Å²) in [5.41, 5.74) is 5.57. The van der Waals surface area contributed by atoms with Gasteiger partial charge in [0.25, 0.3) is 5.91 Å². The molecule has 1 saturated carbocycles. The molecule has 1 heterocycles. The topological polar surface area (TPSA) is 71.1 Å². The highest BCUT2D eigenvalue weighted by atomic mass is 32.1. The minimum Gasteiger partial charge on any atom is -0.326 e. The molecule has 2 aromatic carbocycles. The fourth-order valence-corrected chi connectivity index (χ4v) is 3.54. The van der Waals surface area contributed by atoms with Gasteiger partial charge in [-0.2, -0.15) is 0 Å². The second-order valence-corrected chi connectivity index (χ2v) is 7.99. The van der Waals surface area contributed by atoms with Crippen molar-refractivity contribution in [3.63, 3.8) is 0 Å². The van der Waals surface area contributed by atoms with Gasteiger partial charge in [0.1, 0.15) is 0 Å². The van der Waals surface area contributed by atoms with Gasteiger partial charge in [0, 0.05) is 28.1 Å². The number of anilines is 2. The van der Waals surface area contributed by atoms with E-state index in [0.717, 1.165) is 24.1 Å². The molecule has 6 heteroatoms. The lowest BCUT2D eigenvalue weighted by atomic mass is 10.1. The third kappa shape index (κ3) is 4.12. The molecule has 5 nitrogen and oxygen atoms in total. The summed E-state index contributed by atoms with van der Waals surface area (Å²) < 4.78 is 0. The Morgan fingerprint density at radius 1 is 1.00 bits per heavy atom. The number of carbonyl (C=O) groups excluding carboxylic acids is 2. The predicted molar refractivity (Wildman–Crippen MR) is 113 cm³/mol. The fourth-order valence-electron chi connectivity index (χ4n) is 2.83. The largest absolute Gasteiger partial charge is 0.326 e. The zero-order valence-corrected chi connectivity index (χ0v) is 16.6. The zero-order valence-electron chi connectivity index (χ0n) is 15.8.